The van der Waals surface area contributed by atoms with Crippen LogP contribution in [0.5, 0.6) is 0 Å². The quantitative estimate of drug-likeness (QED) is 0.169. The van der Waals surface area contributed by atoms with Crippen molar-refractivity contribution < 1.29 is 19.5 Å². The lowest BCUT2D eigenvalue weighted by Gasteiger charge is -2.30. The summed E-state index contributed by atoms with van der Waals surface area (Å²) < 4.78 is 5.91. The predicted octanol–water partition coefficient (Wildman–Crippen LogP) is 4.94. The molecule has 0 aliphatic heterocycles. The van der Waals surface area contributed by atoms with E-state index >= 15 is 0 Å². The Hall–Kier alpha value is -2.74. The van der Waals surface area contributed by atoms with Gasteiger partial charge in [-0.25, -0.2) is 5.48 Å². The molecule has 38 heavy (non-hydrogen) atoms. The molecule has 1 atom stereocenters. The molecule has 0 unspecified atom stereocenters. The maximum absolute atomic E-state index is 13.1. The molecule has 4 N–H and O–H groups in total. The Labute approximate surface area is 226 Å². The van der Waals surface area contributed by atoms with Gasteiger partial charge in [-0.2, -0.15) is 0 Å². The van der Waals surface area contributed by atoms with Gasteiger partial charge in [0.1, 0.15) is 12.1 Å². The van der Waals surface area contributed by atoms with Gasteiger partial charge in [-0.1, -0.05) is 67.8 Å². The molecule has 0 bridgehead atoms. The SMILES string of the molecule is O=C(CCc1ccc(CNCc2ccc(CN[C@H](C(=O)OC3CCCC3)C3CCCCC3)cc2)cc1)NO. The van der Waals surface area contributed by atoms with Crippen LogP contribution in [0.15, 0.2) is 48.5 Å². The van der Waals surface area contributed by atoms with E-state index in [9.17, 15) is 9.59 Å². The zero-order valence-corrected chi connectivity index (χ0v) is 22.4. The molecule has 0 saturated heterocycles. The van der Waals surface area contributed by atoms with Crippen LogP contribution >= 0.6 is 0 Å². The van der Waals surface area contributed by atoms with Crippen LogP contribution in [0.3, 0.4) is 0 Å². The van der Waals surface area contributed by atoms with Gasteiger partial charge in [0.05, 0.1) is 0 Å². The van der Waals surface area contributed by atoms with Crippen LogP contribution in [-0.4, -0.2) is 29.2 Å². The van der Waals surface area contributed by atoms with Crippen LogP contribution in [-0.2, 0) is 40.4 Å². The van der Waals surface area contributed by atoms with Crippen LogP contribution in [0.25, 0.3) is 0 Å². The fourth-order valence-electron chi connectivity index (χ4n) is 5.65. The van der Waals surface area contributed by atoms with Gasteiger partial charge in [0.2, 0.25) is 5.91 Å². The molecule has 1 amide bonds. The van der Waals surface area contributed by atoms with Crippen molar-refractivity contribution in [1.29, 1.82) is 0 Å². The van der Waals surface area contributed by atoms with Crippen LogP contribution in [0, 0.1) is 5.92 Å². The average molecular weight is 522 g/mol. The molecule has 2 aromatic carbocycles. The molecule has 4 rings (SSSR count). The van der Waals surface area contributed by atoms with E-state index < -0.39 is 0 Å². The first kappa shape index (κ1) is 28.3. The highest BCUT2D eigenvalue weighted by Crippen LogP contribution is 2.29. The van der Waals surface area contributed by atoms with E-state index in [-0.39, 0.29) is 30.4 Å². The molecule has 2 aliphatic carbocycles. The lowest BCUT2D eigenvalue weighted by molar-refractivity contribution is -0.153. The van der Waals surface area contributed by atoms with E-state index in [1.54, 1.807) is 5.48 Å². The molecule has 0 heterocycles. The summed E-state index contributed by atoms with van der Waals surface area (Å²) in [5.74, 6) is -0.0491. The number of benzene rings is 2. The van der Waals surface area contributed by atoms with Crippen molar-refractivity contribution in [3.63, 3.8) is 0 Å². The van der Waals surface area contributed by atoms with Gasteiger partial charge >= 0.3 is 5.97 Å². The standard InChI is InChI=1S/C31H43N3O4/c35-29(34-37)19-18-23-10-12-24(13-11-23)20-32-21-25-14-16-26(17-15-25)22-33-30(27-6-2-1-3-7-27)31(36)38-28-8-4-5-9-28/h10-17,27-28,30,32-33,37H,1-9,18-22H2,(H,34,35)/t30-/m0/s1. The van der Waals surface area contributed by atoms with Crippen molar-refractivity contribution in [2.45, 2.75) is 102 Å². The smallest absolute Gasteiger partial charge is 0.323 e. The summed E-state index contributed by atoms with van der Waals surface area (Å²) in [7, 11) is 0. The Bertz CT molecular complexity index is 997. The molecule has 2 fully saturated rings. The van der Waals surface area contributed by atoms with Crippen molar-refractivity contribution in [3.05, 3.63) is 70.8 Å². The van der Waals surface area contributed by atoms with Gasteiger partial charge < -0.3 is 15.4 Å². The van der Waals surface area contributed by atoms with Gasteiger partial charge in [-0.3, -0.25) is 14.8 Å². The number of carbonyl (C=O) groups is 2. The molecule has 0 aromatic heterocycles. The summed E-state index contributed by atoms with van der Waals surface area (Å²) in [6.07, 6.45) is 11.2. The number of aryl methyl sites for hydroxylation is 1. The van der Waals surface area contributed by atoms with Crippen LogP contribution in [0.1, 0.15) is 86.5 Å². The number of rotatable bonds is 13. The highest BCUT2D eigenvalue weighted by Gasteiger charge is 2.32. The average Bonchev–Trinajstić information content (AvgIpc) is 3.47. The molecular formula is C31H43N3O4. The Morgan fingerprint density at radius 2 is 1.29 bits per heavy atom. The minimum Gasteiger partial charge on any atom is -0.461 e. The minimum atomic E-state index is -0.372. The minimum absolute atomic E-state index is 0.0479. The number of nitrogens with one attached hydrogen (secondary N) is 3. The van der Waals surface area contributed by atoms with E-state index in [4.69, 9.17) is 9.94 Å². The summed E-state index contributed by atoms with van der Waals surface area (Å²) in [5, 5.41) is 15.6. The Morgan fingerprint density at radius 3 is 1.87 bits per heavy atom. The van der Waals surface area contributed by atoms with Crippen molar-refractivity contribution in [1.82, 2.24) is 16.1 Å². The first-order valence-electron chi connectivity index (χ1n) is 14.3. The predicted molar refractivity (Wildman–Crippen MR) is 147 cm³/mol. The lowest BCUT2D eigenvalue weighted by atomic mass is 9.83. The third-order valence-corrected chi connectivity index (χ3v) is 7.96. The van der Waals surface area contributed by atoms with Gasteiger partial charge in [-0.05, 0) is 73.1 Å². The van der Waals surface area contributed by atoms with Crippen molar-refractivity contribution >= 4 is 11.9 Å². The van der Waals surface area contributed by atoms with Crippen LogP contribution in [0.4, 0.5) is 0 Å². The molecule has 2 aliphatic rings. The Morgan fingerprint density at radius 1 is 0.763 bits per heavy atom. The topological polar surface area (TPSA) is 99.7 Å². The molecule has 0 radical (unpaired) electrons. The number of hydrogen-bond acceptors (Lipinski definition) is 6. The second-order valence-electron chi connectivity index (χ2n) is 10.9. The number of esters is 1. The van der Waals surface area contributed by atoms with Gasteiger partial charge in [0, 0.05) is 26.1 Å². The number of hydrogen-bond donors (Lipinski definition) is 4. The zero-order valence-electron chi connectivity index (χ0n) is 22.4. The highest BCUT2D eigenvalue weighted by atomic mass is 16.5. The second-order valence-corrected chi connectivity index (χ2v) is 10.9. The summed E-state index contributed by atoms with van der Waals surface area (Å²) >= 11 is 0. The van der Waals surface area contributed by atoms with Crippen LogP contribution in [0.2, 0.25) is 0 Å². The van der Waals surface area contributed by atoms with Crippen molar-refractivity contribution in [3.8, 4) is 0 Å². The van der Waals surface area contributed by atoms with Crippen LogP contribution < -0.4 is 16.1 Å². The maximum atomic E-state index is 13.1. The van der Waals surface area contributed by atoms with E-state index in [0.717, 1.165) is 44.3 Å². The fraction of sp³-hybridized carbons (Fsp3) is 0.548. The molecule has 2 aromatic rings. The number of hydroxylamine groups is 1. The van der Waals surface area contributed by atoms with E-state index in [1.165, 1.54) is 48.8 Å². The highest BCUT2D eigenvalue weighted by molar-refractivity contribution is 5.76. The fourth-order valence-corrected chi connectivity index (χ4v) is 5.65. The Kier molecular flexibility index (Phi) is 11.2. The number of ether oxygens (including phenoxy) is 1. The summed E-state index contributed by atoms with van der Waals surface area (Å²) in [5.41, 5.74) is 6.30. The van der Waals surface area contributed by atoms with Crippen molar-refractivity contribution in [2.24, 2.45) is 5.92 Å². The van der Waals surface area contributed by atoms with Gasteiger partial charge in [0.25, 0.3) is 0 Å². The third kappa shape index (κ3) is 8.93. The molecule has 7 nitrogen and oxygen atoms in total. The Balaban J connectivity index is 1.22. The monoisotopic (exact) mass is 521 g/mol. The maximum Gasteiger partial charge on any atom is 0.323 e. The lowest BCUT2D eigenvalue weighted by Crippen LogP contribution is -2.45. The molecule has 206 valence electrons. The molecule has 7 heteroatoms. The first-order chi connectivity index (χ1) is 18.6. The molecular weight excluding hydrogens is 478 g/mol. The van der Waals surface area contributed by atoms with E-state index in [0.29, 0.717) is 18.9 Å². The summed E-state index contributed by atoms with van der Waals surface area (Å²) in [4.78, 5) is 24.3. The molecule has 2 saturated carbocycles. The summed E-state index contributed by atoms with van der Waals surface area (Å²) in [6, 6.07) is 16.5. The van der Waals surface area contributed by atoms with Gasteiger partial charge in [-0.15, -0.1) is 0 Å². The number of carbonyl (C=O) groups excluding carboxylic acids is 2. The van der Waals surface area contributed by atoms with Gasteiger partial charge in [0.15, 0.2) is 0 Å². The molecule has 0 spiro atoms. The normalized spacial score (nSPS) is 17.3. The van der Waals surface area contributed by atoms with Crippen molar-refractivity contribution in [2.75, 3.05) is 0 Å². The third-order valence-electron chi connectivity index (χ3n) is 7.96. The largest absolute Gasteiger partial charge is 0.461 e. The van der Waals surface area contributed by atoms with E-state index in [2.05, 4.69) is 47.0 Å². The first-order valence-corrected chi connectivity index (χ1v) is 14.3. The second kappa shape index (κ2) is 15.0. The summed E-state index contributed by atoms with van der Waals surface area (Å²) in [6.45, 7) is 2.19. The van der Waals surface area contributed by atoms with E-state index in [1.807, 2.05) is 12.1 Å². The number of amides is 1. The zero-order chi connectivity index (χ0) is 26.6.